The number of para-hydroxylation sites is 1. The molecule has 1 aliphatic rings. The first-order valence-electron chi connectivity index (χ1n) is 5.84. The number of fused-ring (bicyclic) bond motifs is 1. The van der Waals surface area contributed by atoms with Crippen LogP contribution in [0.3, 0.4) is 0 Å². The molecule has 1 heterocycles. The average molecular weight is 202 g/mol. The van der Waals surface area contributed by atoms with Gasteiger partial charge in [-0.25, -0.2) is 0 Å². The van der Waals surface area contributed by atoms with E-state index in [0.717, 1.165) is 12.2 Å². The largest absolute Gasteiger partial charge is 0.486 e. The van der Waals surface area contributed by atoms with Crippen molar-refractivity contribution in [2.24, 2.45) is 0 Å². The number of hydrogen-bond donors (Lipinski definition) is 0. The van der Waals surface area contributed by atoms with E-state index >= 15 is 0 Å². The molecule has 0 saturated carbocycles. The highest BCUT2D eigenvalue weighted by atomic mass is 16.5. The first-order chi connectivity index (χ1) is 7.40. The molecule has 0 aromatic heterocycles. The molecule has 2 rings (SSSR count). The van der Waals surface area contributed by atoms with Gasteiger partial charge in [-0.15, -0.1) is 0 Å². The zero-order valence-corrected chi connectivity index (χ0v) is 9.28. The van der Waals surface area contributed by atoms with Crippen molar-refractivity contribution in [1.82, 2.24) is 0 Å². The van der Waals surface area contributed by atoms with Crippen molar-refractivity contribution in [3.8, 4) is 5.75 Å². The summed E-state index contributed by atoms with van der Waals surface area (Å²) in [4.78, 5) is 0. The van der Waals surface area contributed by atoms with Crippen molar-refractivity contribution in [2.75, 3.05) is 0 Å². The van der Waals surface area contributed by atoms with Crippen LogP contribution < -0.4 is 4.74 Å². The van der Waals surface area contributed by atoms with Crippen molar-refractivity contribution in [2.45, 2.75) is 38.7 Å². The van der Waals surface area contributed by atoms with Gasteiger partial charge < -0.3 is 4.74 Å². The molecule has 1 aromatic rings. The summed E-state index contributed by atoms with van der Waals surface area (Å²) in [6.45, 7) is 2.23. The van der Waals surface area contributed by atoms with Crippen LogP contribution in [0, 0.1) is 0 Å². The van der Waals surface area contributed by atoms with Crippen LogP contribution in [-0.4, -0.2) is 6.10 Å². The van der Waals surface area contributed by atoms with Crippen molar-refractivity contribution >= 4 is 6.08 Å². The number of unbranched alkanes of at least 4 members (excludes halogenated alkanes) is 2. The summed E-state index contributed by atoms with van der Waals surface area (Å²) >= 11 is 0. The minimum absolute atomic E-state index is 0.284. The Kier molecular flexibility index (Phi) is 3.44. The quantitative estimate of drug-likeness (QED) is 0.669. The lowest BCUT2D eigenvalue weighted by Gasteiger charge is -2.21. The fourth-order valence-corrected chi connectivity index (χ4v) is 1.89. The third kappa shape index (κ3) is 2.62. The van der Waals surface area contributed by atoms with Gasteiger partial charge >= 0.3 is 0 Å². The smallest absolute Gasteiger partial charge is 0.127 e. The van der Waals surface area contributed by atoms with Gasteiger partial charge in [-0.05, 0) is 25.0 Å². The fourth-order valence-electron chi connectivity index (χ4n) is 1.89. The zero-order chi connectivity index (χ0) is 10.5. The maximum Gasteiger partial charge on any atom is 0.127 e. The van der Waals surface area contributed by atoms with Crippen LogP contribution in [0.1, 0.15) is 38.2 Å². The van der Waals surface area contributed by atoms with Crippen LogP contribution in [0.2, 0.25) is 0 Å². The predicted molar refractivity (Wildman–Crippen MR) is 64.0 cm³/mol. The highest BCUT2D eigenvalue weighted by Crippen LogP contribution is 2.26. The molecule has 1 aliphatic heterocycles. The van der Waals surface area contributed by atoms with E-state index in [2.05, 4.69) is 25.1 Å². The van der Waals surface area contributed by atoms with Crippen LogP contribution in [0.25, 0.3) is 6.08 Å². The maximum absolute atomic E-state index is 5.89. The fraction of sp³-hybridized carbons (Fsp3) is 0.429. The molecular formula is C14H18O. The highest BCUT2D eigenvalue weighted by molar-refractivity contribution is 5.59. The highest BCUT2D eigenvalue weighted by Gasteiger charge is 2.12. The van der Waals surface area contributed by atoms with E-state index in [4.69, 9.17) is 4.74 Å². The number of ether oxygens (including phenoxy) is 1. The molecule has 0 saturated heterocycles. The Hall–Kier alpha value is -1.24. The predicted octanol–water partition coefficient (Wildman–Crippen LogP) is 4.04. The van der Waals surface area contributed by atoms with Crippen molar-refractivity contribution < 1.29 is 4.74 Å². The Labute approximate surface area is 91.8 Å². The van der Waals surface area contributed by atoms with Gasteiger partial charge in [0, 0.05) is 5.56 Å². The molecule has 15 heavy (non-hydrogen) atoms. The van der Waals surface area contributed by atoms with Crippen LogP contribution in [0.4, 0.5) is 0 Å². The van der Waals surface area contributed by atoms with E-state index < -0.39 is 0 Å². The molecule has 80 valence electrons. The van der Waals surface area contributed by atoms with Crippen molar-refractivity contribution in [3.05, 3.63) is 35.9 Å². The summed E-state index contributed by atoms with van der Waals surface area (Å²) in [7, 11) is 0. The third-order valence-electron chi connectivity index (χ3n) is 2.78. The van der Waals surface area contributed by atoms with Gasteiger partial charge in [0.1, 0.15) is 11.9 Å². The van der Waals surface area contributed by atoms with Crippen LogP contribution >= 0.6 is 0 Å². The topological polar surface area (TPSA) is 9.23 Å². The molecule has 0 aliphatic carbocycles. The monoisotopic (exact) mass is 202 g/mol. The Bertz CT molecular complexity index is 341. The second kappa shape index (κ2) is 5.01. The molecule has 1 heteroatoms. The molecule has 0 radical (unpaired) electrons. The van der Waals surface area contributed by atoms with Gasteiger partial charge in [0.25, 0.3) is 0 Å². The summed E-state index contributed by atoms with van der Waals surface area (Å²) in [6.07, 6.45) is 9.61. The van der Waals surface area contributed by atoms with Crippen LogP contribution in [-0.2, 0) is 0 Å². The molecular weight excluding hydrogens is 184 g/mol. The zero-order valence-electron chi connectivity index (χ0n) is 9.28. The van der Waals surface area contributed by atoms with Crippen LogP contribution in [0.5, 0.6) is 5.75 Å². The summed E-state index contributed by atoms with van der Waals surface area (Å²) in [6, 6.07) is 8.21. The normalized spacial score (nSPS) is 18.3. The van der Waals surface area contributed by atoms with Crippen LogP contribution in [0.15, 0.2) is 30.3 Å². The molecule has 0 bridgehead atoms. The third-order valence-corrected chi connectivity index (χ3v) is 2.78. The van der Waals surface area contributed by atoms with E-state index in [1.807, 2.05) is 18.2 Å². The Morgan fingerprint density at radius 3 is 2.93 bits per heavy atom. The van der Waals surface area contributed by atoms with Gasteiger partial charge in [-0.3, -0.25) is 0 Å². The van der Waals surface area contributed by atoms with E-state index in [1.165, 1.54) is 24.8 Å². The van der Waals surface area contributed by atoms with Gasteiger partial charge in [0.05, 0.1) is 0 Å². The Morgan fingerprint density at radius 2 is 2.07 bits per heavy atom. The molecule has 1 aromatic carbocycles. The van der Waals surface area contributed by atoms with Gasteiger partial charge in [-0.1, -0.05) is 44.0 Å². The molecule has 0 unspecified atom stereocenters. The lowest BCUT2D eigenvalue weighted by Crippen LogP contribution is -2.16. The molecule has 1 nitrogen and oxygen atoms in total. The van der Waals surface area contributed by atoms with Crippen molar-refractivity contribution in [3.63, 3.8) is 0 Å². The summed E-state index contributed by atoms with van der Waals surface area (Å²) in [5.74, 6) is 1.03. The van der Waals surface area contributed by atoms with E-state index in [0.29, 0.717) is 0 Å². The van der Waals surface area contributed by atoms with E-state index in [-0.39, 0.29) is 6.10 Å². The van der Waals surface area contributed by atoms with Gasteiger partial charge in [-0.2, -0.15) is 0 Å². The summed E-state index contributed by atoms with van der Waals surface area (Å²) in [5.41, 5.74) is 1.20. The second-order valence-corrected chi connectivity index (χ2v) is 4.05. The summed E-state index contributed by atoms with van der Waals surface area (Å²) in [5, 5.41) is 0. The Morgan fingerprint density at radius 1 is 1.20 bits per heavy atom. The average Bonchev–Trinajstić information content (AvgIpc) is 2.29. The number of benzene rings is 1. The minimum Gasteiger partial charge on any atom is -0.486 e. The van der Waals surface area contributed by atoms with Gasteiger partial charge in [0.15, 0.2) is 0 Å². The van der Waals surface area contributed by atoms with E-state index in [1.54, 1.807) is 0 Å². The molecule has 1 atom stereocenters. The van der Waals surface area contributed by atoms with Crippen molar-refractivity contribution in [1.29, 1.82) is 0 Å². The molecule has 0 amide bonds. The van der Waals surface area contributed by atoms with Gasteiger partial charge in [0.2, 0.25) is 0 Å². The Balaban J connectivity index is 1.94. The molecule has 0 fully saturated rings. The summed E-state index contributed by atoms with van der Waals surface area (Å²) < 4.78 is 5.89. The number of rotatable bonds is 4. The minimum atomic E-state index is 0.284. The maximum atomic E-state index is 5.89. The first-order valence-corrected chi connectivity index (χ1v) is 5.84. The SMILES string of the molecule is CCCCC[C@H]1C=Cc2ccccc2O1. The number of hydrogen-bond acceptors (Lipinski definition) is 1. The lowest BCUT2D eigenvalue weighted by molar-refractivity contribution is 0.230. The lowest BCUT2D eigenvalue weighted by atomic mass is 10.1. The van der Waals surface area contributed by atoms with E-state index in [9.17, 15) is 0 Å². The first kappa shape index (κ1) is 10.3. The standard InChI is InChI=1S/C14H18O/c1-2-3-4-8-13-11-10-12-7-5-6-9-14(12)15-13/h5-7,9-11,13H,2-4,8H2,1H3/t13-/m0/s1. The molecule has 0 N–H and O–H groups in total. The second-order valence-electron chi connectivity index (χ2n) is 4.05. The molecule has 0 spiro atoms.